The van der Waals surface area contributed by atoms with Crippen LogP contribution in [0.15, 0.2) is 48.5 Å². The van der Waals surface area contributed by atoms with E-state index in [1.165, 1.54) is 51.4 Å². The minimum atomic E-state index is -0.878. The Bertz CT molecular complexity index is 903. The molecule has 151 valence electrons. The quantitative estimate of drug-likeness (QED) is 0.354. The van der Waals surface area contributed by atoms with E-state index in [9.17, 15) is 4.79 Å². The third kappa shape index (κ3) is 5.44. The summed E-state index contributed by atoms with van der Waals surface area (Å²) in [5.74, 6) is -0.878. The van der Waals surface area contributed by atoms with Crippen LogP contribution >= 0.6 is 0 Å². The molecule has 3 aromatic carbocycles. The second-order valence-electron chi connectivity index (χ2n) is 7.40. The van der Waals surface area contributed by atoms with Gasteiger partial charge in [0.2, 0.25) is 0 Å². The number of aromatic carboxylic acids is 1. The van der Waals surface area contributed by atoms with E-state index in [0.717, 1.165) is 10.8 Å². The van der Waals surface area contributed by atoms with Crippen LogP contribution in [0.5, 0.6) is 0 Å². The van der Waals surface area contributed by atoms with Gasteiger partial charge >= 0.3 is 27.7 Å². The normalized spacial score (nSPS) is 13.9. The van der Waals surface area contributed by atoms with Gasteiger partial charge in [-0.1, -0.05) is 87.8 Å². The van der Waals surface area contributed by atoms with Crippen molar-refractivity contribution >= 4 is 16.7 Å². The average molecular weight is 423 g/mol. The standard InChI is InChI=1S/C13H17.C11H8O2.2CH3.Ti/c1-3-7-12-10(5-1)9-11-6-2-4-8-13(11)12;12-11(13)10-7-3-5-8-4-1-2-6-9(8)10;;;/h9H,1-8H2;1-7H,(H,12,13);2*1H3;/q-1;;2*-1;+3. The molecule has 0 unspecified atom stereocenters. The first kappa shape index (κ1) is 25.3. The Morgan fingerprint density at radius 2 is 1.28 bits per heavy atom. The Balaban J connectivity index is 0.000000263. The van der Waals surface area contributed by atoms with Crippen LogP contribution < -0.4 is 0 Å². The molecule has 0 heterocycles. The SMILES string of the molecule is O=C(O)c1cccc2ccccc12.[CH3-].[CH3-].[Ti+3].[cH-]1c2c(c3c1CCCC3)CCCC2. The van der Waals surface area contributed by atoms with E-state index in [2.05, 4.69) is 6.07 Å². The van der Waals surface area contributed by atoms with Crippen molar-refractivity contribution in [3.63, 3.8) is 0 Å². The molecule has 29 heavy (non-hydrogen) atoms. The van der Waals surface area contributed by atoms with Crippen LogP contribution in [0.2, 0.25) is 0 Å². The molecular formula is C26H31O2Ti. The Kier molecular flexibility index (Phi) is 9.96. The van der Waals surface area contributed by atoms with Crippen LogP contribution in [0.1, 0.15) is 58.3 Å². The van der Waals surface area contributed by atoms with Crippen LogP contribution in [0.25, 0.3) is 10.8 Å². The second kappa shape index (κ2) is 11.4. The van der Waals surface area contributed by atoms with Gasteiger partial charge in [-0.2, -0.15) is 28.3 Å². The largest absolute Gasteiger partial charge is 3.00 e. The third-order valence-corrected chi connectivity index (χ3v) is 5.75. The van der Waals surface area contributed by atoms with E-state index >= 15 is 0 Å². The van der Waals surface area contributed by atoms with Gasteiger partial charge in [0.15, 0.2) is 0 Å². The van der Waals surface area contributed by atoms with Gasteiger partial charge in [0.25, 0.3) is 0 Å². The molecule has 3 heteroatoms. The maximum atomic E-state index is 10.8. The van der Waals surface area contributed by atoms with Gasteiger partial charge in [0.1, 0.15) is 0 Å². The fourth-order valence-electron chi connectivity index (χ4n) is 4.49. The summed E-state index contributed by atoms with van der Waals surface area (Å²) in [4.78, 5) is 10.8. The maximum absolute atomic E-state index is 10.8. The molecule has 1 N–H and O–H groups in total. The first-order chi connectivity index (χ1) is 12.7. The van der Waals surface area contributed by atoms with Crippen molar-refractivity contribution in [3.05, 3.63) is 91.2 Å². The van der Waals surface area contributed by atoms with Crippen molar-refractivity contribution in [1.29, 1.82) is 0 Å². The van der Waals surface area contributed by atoms with E-state index in [1.807, 2.05) is 30.3 Å². The average Bonchev–Trinajstić information content (AvgIpc) is 3.07. The number of aryl methyl sites for hydroxylation is 2. The smallest absolute Gasteiger partial charge is 0.478 e. The van der Waals surface area contributed by atoms with E-state index < -0.39 is 5.97 Å². The first-order valence-corrected chi connectivity index (χ1v) is 9.74. The monoisotopic (exact) mass is 423 g/mol. The van der Waals surface area contributed by atoms with Gasteiger partial charge in [-0.05, 0) is 16.8 Å². The molecule has 0 saturated heterocycles. The molecule has 0 amide bonds. The number of carboxylic acid groups (broad SMARTS) is 1. The molecule has 2 aliphatic rings. The summed E-state index contributed by atoms with van der Waals surface area (Å²) in [7, 11) is 0. The maximum Gasteiger partial charge on any atom is 3.00 e. The van der Waals surface area contributed by atoms with Crippen LogP contribution in [0.4, 0.5) is 0 Å². The summed E-state index contributed by atoms with van der Waals surface area (Å²) in [6.07, 6.45) is 11.2. The van der Waals surface area contributed by atoms with Crippen LogP contribution in [-0.2, 0) is 47.4 Å². The van der Waals surface area contributed by atoms with E-state index in [0.29, 0.717) is 5.56 Å². The molecule has 0 aliphatic heterocycles. The second-order valence-corrected chi connectivity index (χ2v) is 7.40. The zero-order valence-corrected chi connectivity index (χ0v) is 19.2. The molecule has 0 saturated carbocycles. The van der Waals surface area contributed by atoms with Gasteiger partial charge in [-0.25, -0.2) is 4.79 Å². The van der Waals surface area contributed by atoms with Crippen LogP contribution in [0, 0.1) is 14.9 Å². The molecule has 1 radical (unpaired) electrons. The van der Waals surface area contributed by atoms with Gasteiger partial charge in [-0.15, -0.1) is 0 Å². The van der Waals surface area contributed by atoms with Crippen molar-refractivity contribution in [2.45, 2.75) is 51.4 Å². The van der Waals surface area contributed by atoms with Crippen LogP contribution in [-0.4, -0.2) is 11.1 Å². The number of hydrogen-bond donors (Lipinski definition) is 1. The van der Waals surface area contributed by atoms with E-state index in [4.69, 9.17) is 5.11 Å². The minimum absolute atomic E-state index is 0. The number of carboxylic acids is 1. The number of fused-ring (bicyclic) bond motifs is 4. The summed E-state index contributed by atoms with van der Waals surface area (Å²) < 4.78 is 0. The number of rotatable bonds is 1. The van der Waals surface area contributed by atoms with Gasteiger partial charge in [-0.3, -0.25) is 0 Å². The van der Waals surface area contributed by atoms with Crippen molar-refractivity contribution in [2.24, 2.45) is 0 Å². The fraction of sp³-hybridized carbons (Fsp3) is 0.308. The van der Waals surface area contributed by atoms with Gasteiger partial charge in [0.05, 0.1) is 5.56 Å². The summed E-state index contributed by atoms with van der Waals surface area (Å²) >= 11 is 0. The topological polar surface area (TPSA) is 37.3 Å². The van der Waals surface area contributed by atoms with Crippen molar-refractivity contribution < 1.29 is 31.6 Å². The molecule has 0 bridgehead atoms. The van der Waals surface area contributed by atoms with Crippen molar-refractivity contribution in [2.75, 3.05) is 0 Å². The molecule has 3 aromatic rings. The van der Waals surface area contributed by atoms with Gasteiger partial charge < -0.3 is 20.0 Å². The first-order valence-electron chi connectivity index (χ1n) is 9.74. The molecule has 0 atom stereocenters. The third-order valence-electron chi connectivity index (χ3n) is 5.75. The molecular weight excluding hydrogens is 392 g/mol. The Morgan fingerprint density at radius 3 is 1.86 bits per heavy atom. The molecule has 2 nitrogen and oxygen atoms in total. The molecule has 0 spiro atoms. The molecule has 0 aromatic heterocycles. The Hall–Kier alpha value is -1.77. The summed E-state index contributed by atoms with van der Waals surface area (Å²) in [6.45, 7) is 0. The molecule has 5 rings (SSSR count). The minimum Gasteiger partial charge on any atom is -0.478 e. The predicted molar refractivity (Wildman–Crippen MR) is 119 cm³/mol. The predicted octanol–water partition coefficient (Wildman–Crippen LogP) is 6.60. The summed E-state index contributed by atoms with van der Waals surface area (Å²) in [5.41, 5.74) is 7.30. The summed E-state index contributed by atoms with van der Waals surface area (Å²) in [6, 6.07) is 15.3. The fourth-order valence-corrected chi connectivity index (χ4v) is 4.49. The zero-order valence-electron chi connectivity index (χ0n) is 17.6. The molecule has 0 fully saturated rings. The zero-order chi connectivity index (χ0) is 17.9. The Labute approximate surface area is 190 Å². The van der Waals surface area contributed by atoms with Crippen molar-refractivity contribution in [3.8, 4) is 0 Å². The Morgan fingerprint density at radius 1 is 0.759 bits per heavy atom. The van der Waals surface area contributed by atoms with E-state index in [-0.39, 0.29) is 36.6 Å². The number of hydrogen-bond acceptors (Lipinski definition) is 1. The van der Waals surface area contributed by atoms with Crippen LogP contribution in [0.3, 0.4) is 0 Å². The van der Waals surface area contributed by atoms with Gasteiger partial charge in [0, 0.05) is 0 Å². The van der Waals surface area contributed by atoms with Crippen molar-refractivity contribution in [1.82, 2.24) is 0 Å². The summed E-state index contributed by atoms with van der Waals surface area (Å²) in [5, 5.41) is 10.6. The number of benzene rings is 2. The molecule has 2 aliphatic carbocycles. The number of carbonyl (C=O) groups is 1. The van der Waals surface area contributed by atoms with E-state index in [1.54, 1.807) is 34.4 Å².